The Kier molecular flexibility index (Phi) is 6.39. The SMILES string of the molecule is CCN1CCCC1CNC(=O)c1ccc(C(=O)c2ccc(C)cc2)c([N+](=O)[O-])c1. The van der Waals surface area contributed by atoms with Crippen molar-refractivity contribution in [2.24, 2.45) is 0 Å². The summed E-state index contributed by atoms with van der Waals surface area (Å²) in [4.78, 5) is 38.5. The summed E-state index contributed by atoms with van der Waals surface area (Å²) in [6, 6.07) is 11.2. The van der Waals surface area contributed by atoms with Gasteiger partial charge in [-0.3, -0.25) is 24.6 Å². The molecule has 1 fully saturated rings. The van der Waals surface area contributed by atoms with Crippen molar-refractivity contribution in [1.82, 2.24) is 10.2 Å². The maximum absolute atomic E-state index is 12.7. The van der Waals surface area contributed by atoms with E-state index in [2.05, 4.69) is 17.1 Å². The molecule has 29 heavy (non-hydrogen) atoms. The molecular weight excluding hydrogens is 370 g/mol. The molecule has 1 saturated heterocycles. The van der Waals surface area contributed by atoms with Crippen molar-refractivity contribution in [3.8, 4) is 0 Å². The number of likely N-dealkylation sites (tertiary alicyclic amines) is 1. The van der Waals surface area contributed by atoms with Gasteiger partial charge in [-0.1, -0.05) is 36.8 Å². The normalized spacial score (nSPS) is 16.6. The zero-order chi connectivity index (χ0) is 21.0. The lowest BCUT2D eigenvalue weighted by Gasteiger charge is -2.22. The zero-order valence-electron chi connectivity index (χ0n) is 16.7. The monoisotopic (exact) mass is 395 g/mol. The summed E-state index contributed by atoms with van der Waals surface area (Å²) in [5.74, 6) is -0.807. The minimum Gasteiger partial charge on any atom is -0.350 e. The van der Waals surface area contributed by atoms with E-state index in [1.165, 1.54) is 18.2 Å². The van der Waals surface area contributed by atoms with Gasteiger partial charge in [-0.2, -0.15) is 0 Å². The minimum atomic E-state index is -0.617. The maximum Gasteiger partial charge on any atom is 0.281 e. The standard InChI is InChI=1S/C22H25N3O4/c1-3-24-12-4-5-18(24)14-23-22(27)17-10-11-19(20(13-17)25(28)29)21(26)16-8-6-15(2)7-9-16/h6-11,13,18H,3-5,12,14H2,1-2H3,(H,23,27). The average Bonchev–Trinajstić information content (AvgIpc) is 3.19. The Bertz CT molecular complexity index is 924. The van der Waals surface area contributed by atoms with E-state index >= 15 is 0 Å². The summed E-state index contributed by atoms with van der Waals surface area (Å²) in [6.45, 7) is 6.45. The van der Waals surface area contributed by atoms with Crippen LogP contribution in [0.15, 0.2) is 42.5 Å². The number of rotatable bonds is 7. The van der Waals surface area contributed by atoms with Crippen LogP contribution in [-0.4, -0.2) is 47.2 Å². The predicted molar refractivity (Wildman–Crippen MR) is 110 cm³/mol. The Hall–Kier alpha value is -3.06. The lowest BCUT2D eigenvalue weighted by Crippen LogP contribution is -2.40. The lowest BCUT2D eigenvalue weighted by atomic mass is 9.99. The van der Waals surface area contributed by atoms with Crippen LogP contribution in [0.1, 0.15) is 51.6 Å². The first kappa shape index (κ1) is 20.7. The molecule has 7 nitrogen and oxygen atoms in total. The van der Waals surface area contributed by atoms with Crippen LogP contribution < -0.4 is 5.32 Å². The fraction of sp³-hybridized carbons (Fsp3) is 0.364. The average molecular weight is 395 g/mol. The molecule has 1 aliphatic heterocycles. The number of likely N-dealkylation sites (N-methyl/N-ethyl adjacent to an activating group) is 1. The maximum atomic E-state index is 12.7. The van der Waals surface area contributed by atoms with Crippen LogP contribution in [-0.2, 0) is 0 Å². The molecule has 1 heterocycles. The van der Waals surface area contributed by atoms with Crippen LogP contribution in [0.3, 0.4) is 0 Å². The van der Waals surface area contributed by atoms with Gasteiger partial charge in [0.2, 0.25) is 0 Å². The van der Waals surface area contributed by atoms with Gasteiger partial charge in [-0.25, -0.2) is 0 Å². The van der Waals surface area contributed by atoms with E-state index in [1.807, 2.05) is 6.92 Å². The van der Waals surface area contributed by atoms with Gasteiger partial charge in [0.05, 0.1) is 4.92 Å². The fourth-order valence-corrected chi connectivity index (χ4v) is 3.73. The summed E-state index contributed by atoms with van der Waals surface area (Å²) in [7, 11) is 0. The summed E-state index contributed by atoms with van der Waals surface area (Å²) in [6.07, 6.45) is 2.13. The highest BCUT2D eigenvalue weighted by Crippen LogP contribution is 2.24. The van der Waals surface area contributed by atoms with Gasteiger partial charge in [0, 0.05) is 29.8 Å². The molecule has 0 saturated carbocycles. The van der Waals surface area contributed by atoms with Gasteiger partial charge in [-0.05, 0) is 45.0 Å². The molecular formula is C22H25N3O4. The van der Waals surface area contributed by atoms with Crippen molar-refractivity contribution in [3.05, 3.63) is 74.8 Å². The highest BCUT2D eigenvalue weighted by molar-refractivity contribution is 6.12. The number of nitrogens with one attached hydrogen (secondary N) is 1. The van der Waals surface area contributed by atoms with E-state index in [0.717, 1.165) is 31.5 Å². The molecule has 0 spiro atoms. The predicted octanol–water partition coefficient (Wildman–Crippen LogP) is 3.35. The number of nitro groups is 1. The van der Waals surface area contributed by atoms with E-state index in [1.54, 1.807) is 24.3 Å². The number of carbonyl (C=O) groups is 2. The van der Waals surface area contributed by atoms with Crippen LogP contribution in [0.4, 0.5) is 5.69 Å². The summed E-state index contributed by atoms with van der Waals surface area (Å²) < 4.78 is 0. The largest absolute Gasteiger partial charge is 0.350 e. The highest BCUT2D eigenvalue weighted by Gasteiger charge is 2.25. The molecule has 7 heteroatoms. The van der Waals surface area contributed by atoms with Crippen LogP contribution in [0.25, 0.3) is 0 Å². The van der Waals surface area contributed by atoms with Crippen molar-refractivity contribution in [2.75, 3.05) is 19.6 Å². The fourth-order valence-electron chi connectivity index (χ4n) is 3.73. The van der Waals surface area contributed by atoms with Gasteiger partial charge in [0.25, 0.3) is 11.6 Å². The van der Waals surface area contributed by atoms with Crippen LogP contribution in [0.5, 0.6) is 0 Å². The topological polar surface area (TPSA) is 92.6 Å². The van der Waals surface area contributed by atoms with Crippen LogP contribution in [0, 0.1) is 17.0 Å². The van der Waals surface area contributed by atoms with E-state index < -0.39 is 10.7 Å². The first-order valence-electron chi connectivity index (χ1n) is 9.82. The third kappa shape index (κ3) is 4.68. The second-order valence-electron chi connectivity index (χ2n) is 7.32. The van der Waals surface area contributed by atoms with E-state index in [4.69, 9.17) is 0 Å². The molecule has 1 unspecified atom stereocenters. The molecule has 0 radical (unpaired) electrons. The van der Waals surface area contributed by atoms with Gasteiger partial charge >= 0.3 is 0 Å². The number of hydrogen-bond donors (Lipinski definition) is 1. The van der Waals surface area contributed by atoms with Gasteiger partial charge < -0.3 is 5.32 Å². The molecule has 1 amide bonds. The molecule has 3 rings (SSSR count). The number of aryl methyl sites for hydroxylation is 1. The number of nitrogens with zero attached hydrogens (tertiary/aromatic N) is 2. The third-order valence-electron chi connectivity index (χ3n) is 5.42. The molecule has 0 aromatic heterocycles. The molecule has 1 aliphatic rings. The number of hydrogen-bond acceptors (Lipinski definition) is 5. The number of ketones is 1. The van der Waals surface area contributed by atoms with Gasteiger partial charge in [0.15, 0.2) is 5.78 Å². The third-order valence-corrected chi connectivity index (χ3v) is 5.42. The van der Waals surface area contributed by atoms with Crippen LogP contribution >= 0.6 is 0 Å². The number of amides is 1. The first-order valence-corrected chi connectivity index (χ1v) is 9.82. The van der Waals surface area contributed by atoms with E-state index in [0.29, 0.717) is 18.2 Å². The summed E-state index contributed by atoms with van der Waals surface area (Å²) in [5, 5.41) is 14.4. The van der Waals surface area contributed by atoms with Gasteiger partial charge in [-0.15, -0.1) is 0 Å². The Morgan fingerprint density at radius 2 is 1.86 bits per heavy atom. The lowest BCUT2D eigenvalue weighted by molar-refractivity contribution is -0.385. The van der Waals surface area contributed by atoms with E-state index in [-0.39, 0.29) is 22.7 Å². The Labute approximate surface area is 169 Å². The minimum absolute atomic E-state index is 0.0247. The highest BCUT2D eigenvalue weighted by atomic mass is 16.6. The number of nitro benzene ring substituents is 1. The van der Waals surface area contributed by atoms with Crippen molar-refractivity contribution < 1.29 is 14.5 Å². The molecule has 2 aromatic carbocycles. The zero-order valence-corrected chi connectivity index (χ0v) is 16.7. The Balaban J connectivity index is 1.78. The first-order chi connectivity index (χ1) is 13.9. The Morgan fingerprint density at radius 3 is 2.52 bits per heavy atom. The second kappa shape index (κ2) is 8.96. The Morgan fingerprint density at radius 1 is 1.17 bits per heavy atom. The molecule has 152 valence electrons. The van der Waals surface area contributed by atoms with Crippen molar-refractivity contribution in [2.45, 2.75) is 32.7 Å². The smallest absolute Gasteiger partial charge is 0.281 e. The molecule has 1 N–H and O–H groups in total. The summed E-state index contributed by atoms with van der Waals surface area (Å²) >= 11 is 0. The van der Waals surface area contributed by atoms with Crippen molar-refractivity contribution >= 4 is 17.4 Å². The molecule has 0 bridgehead atoms. The van der Waals surface area contributed by atoms with Crippen molar-refractivity contribution in [3.63, 3.8) is 0 Å². The van der Waals surface area contributed by atoms with E-state index in [9.17, 15) is 19.7 Å². The number of benzene rings is 2. The molecule has 0 aliphatic carbocycles. The van der Waals surface area contributed by atoms with Crippen molar-refractivity contribution in [1.29, 1.82) is 0 Å². The quantitative estimate of drug-likeness (QED) is 0.441. The van der Waals surface area contributed by atoms with Gasteiger partial charge in [0.1, 0.15) is 5.56 Å². The van der Waals surface area contributed by atoms with Crippen LogP contribution in [0.2, 0.25) is 0 Å². The second-order valence-corrected chi connectivity index (χ2v) is 7.32. The molecule has 2 aromatic rings. The number of carbonyl (C=O) groups excluding carboxylic acids is 2. The summed E-state index contributed by atoms with van der Waals surface area (Å²) in [5.41, 5.74) is 1.16. The molecule has 1 atom stereocenters.